The predicted molar refractivity (Wildman–Crippen MR) is 89.9 cm³/mol. The van der Waals surface area contributed by atoms with Gasteiger partial charge in [-0.25, -0.2) is 0 Å². The topological polar surface area (TPSA) is 66.2 Å². The van der Waals surface area contributed by atoms with E-state index in [0.29, 0.717) is 19.1 Å². The molecule has 1 saturated heterocycles. The van der Waals surface area contributed by atoms with Crippen molar-refractivity contribution in [2.24, 2.45) is 13.0 Å². The van der Waals surface area contributed by atoms with E-state index in [-0.39, 0.29) is 0 Å². The van der Waals surface area contributed by atoms with Gasteiger partial charge in [-0.3, -0.25) is 9.58 Å². The lowest BCUT2D eigenvalue weighted by molar-refractivity contribution is 0.127. The molecule has 0 aliphatic carbocycles. The van der Waals surface area contributed by atoms with Crippen molar-refractivity contribution in [3.05, 3.63) is 41.7 Å². The van der Waals surface area contributed by atoms with Crippen molar-refractivity contribution < 1.29 is 5.11 Å². The van der Waals surface area contributed by atoms with E-state index >= 15 is 0 Å². The number of hydrogen-bond donors (Lipinski definition) is 2. The molecular weight excluding hydrogens is 290 g/mol. The predicted octanol–water partition coefficient (Wildman–Crippen LogP) is 1.63. The molecule has 23 heavy (non-hydrogen) atoms. The molecule has 6 nitrogen and oxygen atoms in total. The molecule has 0 radical (unpaired) electrons. The maximum atomic E-state index is 9.25. The number of likely N-dealkylation sites (tertiary alicyclic amines) is 1. The van der Waals surface area contributed by atoms with Gasteiger partial charge in [0.1, 0.15) is 0 Å². The largest absolute Gasteiger partial charge is 0.396 e. The highest BCUT2D eigenvalue weighted by molar-refractivity contribution is 5.51. The molecule has 0 unspecified atom stereocenters. The van der Waals surface area contributed by atoms with Gasteiger partial charge in [-0.15, -0.1) is 5.10 Å². The Kier molecular flexibility index (Phi) is 5.25. The zero-order chi connectivity index (χ0) is 16.1. The molecule has 0 amide bonds. The van der Waals surface area contributed by atoms with Crippen molar-refractivity contribution in [3.8, 4) is 0 Å². The Morgan fingerprint density at radius 3 is 2.74 bits per heavy atom. The SMILES string of the molecule is Cn1nncc1CNc1ccccc1CN1CCC(CO)CC1. The molecule has 2 heterocycles. The molecule has 6 heteroatoms. The van der Waals surface area contributed by atoms with E-state index in [1.165, 1.54) is 5.56 Å². The van der Waals surface area contributed by atoms with Gasteiger partial charge in [-0.1, -0.05) is 23.4 Å². The van der Waals surface area contributed by atoms with Crippen LogP contribution in [0.1, 0.15) is 24.1 Å². The molecule has 1 fully saturated rings. The van der Waals surface area contributed by atoms with E-state index in [4.69, 9.17) is 0 Å². The first kappa shape index (κ1) is 16.0. The van der Waals surface area contributed by atoms with E-state index in [9.17, 15) is 5.11 Å². The molecule has 1 aliphatic heterocycles. The van der Waals surface area contributed by atoms with E-state index < -0.39 is 0 Å². The molecule has 0 bridgehead atoms. The Morgan fingerprint density at radius 1 is 1.26 bits per heavy atom. The highest BCUT2D eigenvalue weighted by atomic mass is 16.3. The number of para-hydroxylation sites is 1. The number of rotatable bonds is 6. The smallest absolute Gasteiger partial charge is 0.0774 e. The summed E-state index contributed by atoms with van der Waals surface area (Å²) in [5.74, 6) is 0.483. The van der Waals surface area contributed by atoms with Crippen molar-refractivity contribution in [1.29, 1.82) is 0 Å². The summed E-state index contributed by atoms with van der Waals surface area (Å²) in [6, 6.07) is 8.46. The molecule has 124 valence electrons. The summed E-state index contributed by atoms with van der Waals surface area (Å²) in [6.07, 6.45) is 3.97. The van der Waals surface area contributed by atoms with Crippen LogP contribution in [0.15, 0.2) is 30.5 Å². The van der Waals surface area contributed by atoms with Crippen LogP contribution in [0.5, 0.6) is 0 Å². The Labute approximate surface area is 137 Å². The fourth-order valence-corrected chi connectivity index (χ4v) is 3.06. The molecule has 2 N–H and O–H groups in total. The monoisotopic (exact) mass is 315 g/mol. The van der Waals surface area contributed by atoms with Gasteiger partial charge in [0.25, 0.3) is 0 Å². The van der Waals surface area contributed by atoms with Crippen LogP contribution in [0.2, 0.25) is 0 Å². The van der Waals surface area contributed by atoms with E-state index in [0.717, 1.165) is 43.9 Å². The average Bonchev–Trinajstić information content (AvgIpc) is 3.00. The molecule has 1 aromatic carbocycles. The van der Waals surface area contributed by atoms with Gasteiger partial charge < -0.3 is 10.4 Å². The van der Waals surface area contributed by atoms with Gasteiger partial charge in [-0.2, -0.15) is 0 Å². The summed E-state index contributed by atoms with van der Waals surface area (Å²) >= 11 is 0. The van der Waals surface area contributed by atoms with Crippen molar-refractivity contribution in [2.45, 2.75) is 25.9 Å². The minimum atomic E-state index is 0.324. The summed E-state index contributed by atoms with van der Waals surface area (Å²) in [7, 11) is 1.90. The maximum Gasteiger partial charge on any atom is 0.0774 e. The zero-order valence-corrected chi connectivity index (χ0v) is 13.6. The first-order chi connectivity index (χ1) is 11.3. The fraction of sp³-hybridized carbons (Fsp3) is 0.529. The number of hydrogen-bond acceptors (Lipinski definition) is 5. The third-order valence-corrected chi connectivity index (χ3v) is 4.64. The van der Waals surface area contributed by atoms with Crippen LogP contribution in [0.25, 0.3) is 0 Å². The van der Waals surface area contributed by atoms with Crippen molar-refractivity contribution in [3.63, 3.8) is 0 Å². The van der Waals surface area contributed by atoms with Crippen molar-refractivity contribution >= 4 is 5.69 Å². The molecule has 0 spiro atoms. The van der Waals surface area contributed by atoms with Crippen LogP contribution in [-0.4, -0.2) is 44.7 Å². The van der Waals surface area contributed by atoms with Crippen LogP contribution in [0.4, 0.5) is 5.69 Å². The van der Waals surface area contributed by atoms with Crippen LogP contribution >= 0.6 is 0 Å². The van der Waals surface area contributed by atoms with Crippen LogP contribution in [-0.2, 0) is 20.1 Å². The van der Waals surface area contributed by atoms with Gasteiger partial charge in [-0.05, 0) is 43.5 Å². The van der Waals surface area contributed by atoms with E-state index in [1.807, 2.05) is 7.05 Å². The minimum Gasteiger partial charge on any atom is -0.396 e. The summed E-state index contributed by atoms with van der Waals surface area (Å²) in [4.78, 5) is 2.47. The second-order valence-corrected chi connectivity index (χ2v) is 6.26. The Balaban J connectivity index is 1.60. The number of nitrogens with zero attached hydrogens (tertiary/aromatic N) is 4. The zero-order valence-electron chi connectivity index (χ0n) is 13.6. The highest BCUT2D eigenvalue weighted by Crippen LogP contribution is 2.22. The van der Waals surface area contributed by atoms with Gasteiger partial charge >= 0.3 is 0 Å². The third kappa shape index (κ3) is 4.09. The number of aliphatic hydroxyl groups is 1. The summed E-state index contributed by atoms with van der Waals surface area (Å²) in [6.45, 7) is 4.11. The van der Waals surface area contributed by atoms with Crippen LogP contribution in [0, 0.1) is 5.92 Å². The number of piperidine rings is 1. The molecule has 3 rings (SSSR count). The molecule has 1 aliphatic rings. The summed E-state index contributed by atoms with van der Waals surface area (Å²) in [5, 5.41) is 20.6. The molecule has 2 aromatic rings. The molecule has 0 saturated carbocycles. The van der Waals surface area contributed by atoms with Gasteiger partial charge in [0.05, 0.1) is 18.4 Å². The third-order valence-electron chi connectivity index (χ3n) is 4.64. The first-order valence-electron chi connectivity index (χ1n) is 8.25. The molecule has 1 aromatic heterocycles. The lowest BCUT2D eigenvalue weighted by Crippen LogP contribution is -2.34. The number of aromatic nitrogens is 3. The standard InChI is InChI=1S/C17H25N5O/c1-21-16(11-19-20-21)10-18-17-5-3-2-4-15(17)12-22-8-6-14(13-23)7-9-22/h2-5,11,14,18,23H,6-10,12-13H2,1H3. The Bertz CT molecular complexity index is 619. The quantitative estimate of drug-likeness (QED) is 0.848. The maximum absolute atomic E-state index is 9.25. The first-order valence-corrected chi connectivity index (χ1v) is 8.25. The number of benzene rings is 1. The summed E-state index contributed by atoms with van der Waals surface area (Å²) < 4.78 is 1.79. The molecular formula is C17H25N5O. The van der Waals surface area contributed by atoms with Gasteiger partial charge in [0.15, 0.2) is 0 Å². The van der Waals surface area contributed by atoms with E-state index in [2.05, 4.69) is 44.8 Å². The second kappa shape index (κ2) is 7.57. The Morgan fingerprint density at radius 2 is 2.04 bits per heavy atom. The molecule has 0 atom stereocenters. The normalized spacial score (nSPS) is 16.6. The van der Waals surface area contributed by atoms with Crippen LogP contribution in [0.3, 0.4) is 0 Å². The van der Waals surface area contributed by atoms with E-state index in [1.54, 1.807) is 10.9 Å². The number of nitrogens with one attached hydrogen (secondary N) is 1. The number of anilines is 1. The Hall–Kier alpha value is -1.92. The van der Waals surface area contributed by atoms with Crippen molar-refractivity contribution in [1.82, 2.24) is 19.9 Å². The van der Waals surface area contributed by atoms with Crippen LogP contribution < -0.4 is 5.32 Å². The lowest BCUT2D eigenvalue weighted by atomic mass is 9.97. The number of aryl methyl sites for hydroxylation is 1. The lowest BCUT2D eigenvalue weighted by Gasteiger charge is -2.31. The number of aliphatic hydroxyl groups excluding tert-OH is 1. The minimum absolute atomic E-state index is 0.324. The summed E-state index contributed by atoms with van der Waals surface area (Å²) in [5.41, 5.74) is 3.53. The second-order valence-electron chi connectivity index (χ2n) is 6.26. The van der Waals surface area contributed by atoms with Crippen molar-refractivity contribution in [2.75, 3.05) is 25.0 Å². The van der Waals surface area contributed by atoms with Gasteiger partial charge in [0, 0.05) is 25.9 Å². The average molecular weight is 315 g/mol. The fourth-order valence-electron chi connectivity index (χ4n) is 3.06. The van der Waals surface area contributed by atoms with Gasteiger partial charge in [0.2, 0.25) is 0 Å². The highest BCUT2D eigenvalue weighted by Gasteiger charge is 2.19.